The van der Waals surface area contributed by atoms with Gasteiger partial charge in [-0.15, -0.1) is 0 Å². The standard InChI is InChI=1S/C24H28O5/c1-22(2,15-5-9-17(25)10-6-15)19-13-21(24(28,29)14-20(19)27)23(3,4)16-7-11-18(26)12-8-16/h5-13,25-29H,14H2,1-4H3. The Morgan fingerprint density at radius 3 is 1.55 bits per heavy atom. The Hall–Kier alpha value is -2.76. The lowest BCUT2D eigenvalue weighted by atomic mass is 9.67. The first-order valence-corrected chi connectivity index (χ1v) is 9.55. The van der Waals surface area contributed by atoms with Crippen molar-refractivity contribution >= 4 is 0 Å². The second kappa shape index (κ2) is 6.94. The van der Waals surface area contributed by atoms with Crippen LogP contribution in [-0.2, 0) is 10.8 Å². The van der Waals surface area contributed by atoms with Crippen LogP contribution in [0.25, 0.3) is 0 Å². The van der Waals surface area contributed by atoms with Crippen molar-refractivity contribution in [3.63, 3.8) is 0 Å². The van der Waals surface area contributed by atoms with Crippen LogP contribution in [0.1, 0.15) is 45.2 Å². The fourth-order valence-electron chi connectivity index (χ4n) is 4.06. The van der Waals surface area contributed by atoms with E-state index in [4.69, 9.17) is 0 Å². The second-order valence-corrected chi connectivity index (χ2v) is 8.76. The summed E-state index contributed by atoms with van der Waals surface area (Å²) in [5.74, 6) is -2.01. The highest BCUT2D eigenvalue weighted by Gasteiger charge is 2.45. The normalized spacial score (nSPS) is 17.2. The SMILES string of the molecule is CC(C)(C1=CC(C(C)(C)c2ccc(O)cc2)=C(O)CC1(O)O)c1ccc(O)cc1. The van der Waals surface area contributed by atoms with E-state index >= 15 is 0 Å². The van der Waals surface area contributed by atoms with Gasteiger partial charge in [0.2, 0.25) is 0 Å². The Balaban J connectivity index is 2.13. The molecular weight excluding hydrogens is 368 g/mol. The average Bonchev–Trinajstić information content (AvgIpc) is 2.61. The molecule has 2 aromatic rings. The number of hydrogen-bond acceptors (Lipinski definition) is 5. The maximum Gasteiger partial charge on any atom is 0.194 e. The van der Waals surface area contributed by atoms with Crippen molar-refractivity contribution in [2.24, 2.45) is 0 Å². The Morgan fingerprint density at radius 2 is 1.10 bits per heavy atom. The number of aromatic hydroxyl groups is 2. The fourth-order valence-corrected chi connectivity index (χ4v) is 4.06. The summed E-state index contributed by atoms with van der Waals surface area (Å²) in [4.78, 5) is 0. The van der Waals surface area contributed by atoms with Gasteiger partial charge in [-0.2, -0.15) is 0 Å². The smallest absolute Gasteiger partial charge is 0.194 e. The minimum atomic E-state index is -2.21. The Morgan fingerprint density at radius 1 is 0.690 bits per heavy atom. The molecule has 0 aliphatic heterocycles. The zero-order chi connectivity index (χ0) is 21.6. The molecule has 0 aromatic heterocycles. The highest BCUT2D eigenvalue weighted by Crippen LogP contribution is 2.47. The van der Waals surface area contributed by atoms with Crippen molar-refractivity contribution in [2.75, 3.05) is 0 Å². The molecule has 2 aromatic carbocycles. The van der Waals surface area contributed by atoms with E-state index in [0.717, 1.165) is 11.1 Å². The first kappa shape index (κ1) is 21.0. The fraction of sp³-hybridized carbons (Fsp3) is 0.333. The van der Waals surface area contributed by atoms with E-state index in [-0.39, 0.29) is 23.7 Å². The summed E-state index contributed by atoms with van der Waals surface area (Å²) in [6.07, 6.45) is 1.34. The molecule has 1 aliphatic rings. The van der Waals surface area contributed by atoms with Crippen LogP contribution in [0.4, 0.5) is 0 Å². The Kier molecular flexibility index (Phi) is 5.01. The maximum absolute atomic E-state index is 10.8. The summed E-state index contributed by atoms with van der Waals surface area (Å²) in [6, 6.07) is 13.4. The van der Waals surface area contributed by atoms with E-state index in [0.29, 0.717) is 11.1 Å². The number of hydrogen-bond donors (Lipinski definition) is 5. The van der Waals surface area contributed by atoms with Gasteiger partial charge in [0, 0.05) is 10.8 Å². The molecule has 0 saturated heterocycles. The number of rotatable bonds is 4. The molecule has 5 nitrogen and oxygen atoms in total. The van der Waals surface area contributed by atoms with Crippen molar-refractivity contribution in [2.45, 2.75) is 50.7 Å². The third-order valence-electron chi connectivity index (χ3n) is 5.97. The lowest BCUT2D eigenvalue weighted by molar-refractivity contribution is -0.139. The van der Waals surface area contributed by atoms with E-state index in [1.807, 2.05) is 27.7 Å². The number of phenolic OH excluding ortho intramolecular Hbond substituents is 2. The number of phenols is 2. The summed E-state index contributed by atoms with van der Waals surface area (Å²) >= 11 is 0. The van der Waals surface area contributed by atoms with Crippen molar-refractivity contribution < 1.29 is 25.5 Å². The molecule has 3 rings (SSSR count). The monoisotopic (exact) mass is 396 g/mol. The highest BCUT2D eigenvalue weighted by molar-refractivity contribution is 5.51. The molecule has 5 N–H and O–H groups in total. The van der Waals surface area contributed by atoms with Gasteiger partial charge in [-0.05, 0) is 52.6 Å². The van der Waals surface area contributed by atoms with Crippen LogP contribution in [0.5, 0.6) is 11.5 Å². The van der Waals surface area contributed by atoms with E-state index in [2.05, 4.69) is 0 Å². The molecule has 154 valence electrons. The van der Waals surface area contributed by atoms with E-state index in [1.54, 1.807) is 54.6 Å². The van der Waals surface area contributed by atoms with Crippen LogP contribution >= 0.6 is 0 Å². The first-order chi connectivity index (χ1) is 13.4. The molecule has 0 amide bonds. The van der Waals surface area contributed by atoms with Crippen molar-refractivity contribution in [1.29, 1.82) is 0 Å². The van der Waals surface area contributed by atoms with Crippen molar-refractivity contribution in [3.8, 4) is 11.5 Å². The quantitative estimate of drug-likeness (QED) is 0.499. The molecular formula is C24H28O5. The summed E-state index contributed by atoms with van der Waals surface area (Å²) in [5, 5.41) is 51.4. The molecule has 0 unspecified atom stereocenters. The van der Waals surface area contributed by atoms with Crippen LogP contribution in [0, 0.1) is 0 Å². The van der Waals surface area contributed by atoms with Gasteiger partial charge < -0.3 is 25.5 Å². The summed E-state index contributed by atoms with van der Waals surface area (Å²) < 4.78 is 0. The lowest BCUT2D eigenvalue weighted by Gasteiger charge is -2.41. The van der Waals surface area contributed by atoms with Gasteiger partial charge in [0.05, 0.1) is 6.42 Å². The third-order valence-corrected chi connectivity index (χ3v) is 5.97. The molecule has 0 spiro atoms. The lowest BCUT2D eigenvalue weighted by Crippen LogP contribution is -2.43. The topological polar surface area (TPSA) is 101 Å². The molecule has 29 heavy (non-hydrogen) atoms. The van der Waals surface area contributed by atoms with Crippen molar-refractivity contribution in [3.05, 3.63) is 82.6 Å². The van der Waals surface area contributed by atoms with Gasteiger partial charge in [0.15, 0.2) is 5.79 Å². The molecule has 0 heterocycles. The number of aliphatic hydroxyl groups is 3. The minimum absolute atomic E-state index is 0.0849. The summed E-state index contributed by atoms with van der Waals surface area (Å²) in [5.41, 5.74) is 1.22. The predicted molar refractivity (Wildman–Crippen MR) is 112 cm³/mol. The maximum atomic E-state index is 10.8. The van der Waals surface area contributed by atoms with Crippen LogP contribution in [0.2, 0.25) is 0 Å². The van der Waals surface area contributed by atoms with Gasteiger partial charge in [0.25, 0.3) is 0 Å². The zero-order valence-electron chi connectivity index (χ0n) is 17.1. The summed E-state index contributed by atoms with van der Waals surface area (Å²) in [7, 11) is 0. The molecule has 1 aliphatic carbocycles. The van der Waals surface area contributed by atoms with Crippen LogP contribution < -0.4 is 0 Å². The zero-order valence-corrected chi connectivity index (χ0v) is 17.1. The predicted octanol–water partition coefficient (Wildman–Crippen LogP) is 4.18. The first-order valence-electron chi connectivity index (χ1n) is 9.55. The molecule has 0 saturated carbocycles. The van der Waals surface area contributed by atoms with Gasteiger partial charge in [-0.1, -0.05) is 52.0 Å². The molecule has 0 bridgehead atoms. The average molecular weight is 396 g/mol. The molecule has 0 fully saturated rings. The summed E-state index contributed by atoms with van der Waals surface area (Å²) in [6.45, 7) is 7.63. The van der Waals surface area contributed by atoms with Crippen LogP contribution in [0.3, 0.4) is 0 Å². The molecule has 0 radical (unpaired) electrons. The Bertz CT molecular complexity index is 961. The van der Waals surface area contributed by atoms with Gasteiger partial charge in [0.1, 0.15) is 17.3 Å². The van der Waals surface area contributed by atoms with Crippen LogP contribution in [0.15, 0.2) is 71.5 Å². The van der Waals surface area contributed by atoms with E-state index in [1.165, 1.54) is 0 Å². The molecule has 0 atom stereocenters. The minimum Gasteiger partial charge on any atom is -0.512 e. The third kappa shape index (κ3) is 3.76. The van der Waals surface area contributed by atoms with Gasteiger partial charge in [-0.3, -0.25) is 0 Å². The second-order valence-electron chi connectivity index (χ2n) is 8.76. The largest absolute Gasteiger partial charge is 0.512 e. The Labute approximate surface area is 170 Å². The highest BCUT2D eigenvalue weighted by atomic mass is 16.5. The van der Waals surface area contributed by atoms with Crippen molar-refractivity contribution in [1.82, 2.24) is 0 Å². The van der Waals surface area contributed by atoms with Gasteiger partial charge in [-0.25, -0.2) is 0 Å². The number of aliphatic hydroxyl groups excluding tert-OH is 1. The van der Waals surface area contributed by atoms with Crippen LogP contribution in [-0.4, -0.2) is 31.3 Å². The molecule has 5 heteroatoms. The number of benzene rings is 2. The van der Waals surface area contributed by atoms with E-state index in [9.17, 15) is 25.5 Å². The number of allylic oxidation sites excluding steroid dienone is 2. The van der Waals surface area contributed by atoms with E-state index < -0.39 is 16.6 Å². The van der Waals surface area contributed by atoms with Gasteiger partial charge >= 0.3 is 0 Å².